The Labute approximate surface area is 160 Å². The molecule has 0 bridgehead atoms. The van der Waals surface area contributed by atoms with E-state index in [1.807, 2.05) is 38.1 Å². The largest absolute Gasteiger partial charge is 0.466 e. The summed E-state index contributed by atoms with van der Waals surface area (Å²) < 4.78 is 11.2. The zero-order valence-corrected chi connectivity index (χ0v) is 16.8. The fourth-order valence-corrected chi connectivity index (χ4v) is 2.26. The zero-order chi connectivity index (χ0) is 16.5. The van der Waals surface area contributed by atoms with Gasteiger partial charge in [-0.3, -0.25) is 4.99 Å². The first-order chi connectivity index (χ1) is 11.2. The number of aryl methyl sites for hydroxylation is 2. The molecule has 0 spiro atoms. The third-order valence-electron chi connectivity index (χ3n) is 3.46. The van der Waals surface area contributed by atoms with Crippen LogP contribution in [-0.2, 0) is 17.9 Å². The van der Waals surface area contributed by atoms with Crippen molar-refractivity contribution < 1.29 is 9.15 Å². The van der Waals surface area contributed by atoms with Gasteiger partial charge in [-0.2, -0.15) is 0 Å². The summed E-state index contributed by atoms with van der Waals surface area (Å²) in [5.74, 6) is 2.62. The molecule has 1 heterocycles. The van der Waals surface area contributed by atoms with Crippen LogP contribution in [0.5, 0.6) is 0 Å². The number of halogens is 1. The van der Waals surface area contributed by atoms with E-state index in [2.05, 4.69) is 27.8 Å². The number of hydrogen-bond acceptors (Lipinski definition) is 3. The van der Waals surface area contributed by atoms with E-state index < -0.39 is 0 Å². The molecule has 0 radical (unpaired) electrons. The van der Waals surface area contributed by atoms with Crippen LogP contribution in [0.2, 0.25) is 0 Å². The summed E-state index contributed by atoms with van der Waals surface area (Å²) in [7, 11) is 1.76. The highest BCUT2D eigenvalue weighted by Crippen LogP contribution is 2.12. The minimum Gasteiger partial charge on any atom is -0.466 e. The number of hydrogen-bond donors (Lipinski definition) is 2. The molecule has 2 rings (SSSR count). The van der Waals surface area contributed by atoms with Crippen LogP contribution in [0.4, 0.5) is 0 Å². The summed E-state index contributed by atoms with van der Waals surface area (Å²) >= 11 is 0. The molecule has 0 aliphatic heterocycles. The van der Waals surface area contributed by atoms with Gasteiger partial charge in [-0.05, 0) is 25.5 Å². The fourth-order valence-electron chi connectivity index (χ4n) is 2.26. The van der Waals surface area contributed by atoms with E-state index in [1.54, 1.807) is 7.05 Å². The van der Waals surface area contributed by atoms with Gasteiger partial charge in [-0.1, -0.05) is 30.3 Å². The topological polar surface area (TPSA) is 58.8 Å². The van der Waals surface area contributed by atoms with Crippen molar-refractivity contribution in [1.82, 2.24) is 10.6 Å². The van der Waals surface area contributed by atoms with Gasteiger partial charge in [0, 0.05) is 25.7 Å². The zero-order valence-electron chi connectivity index (χ0n) is 14.5. The Balaban J connectivity index is 0.00000288. The molecule has 0 saturated carbocycles. The molecule has 132 valence electrons. The summed E-state index contributed by atoms with van der Waals surface area (Å²) in [4.78, 5) is 4.20. The van der Waals surface area contributed by atoms with E-state index in [9.17, 15) is 0 Å². The molecular weight excluding hydrogens is 417 g/mol. The summed E-state index contributed by atoms with van der Waals surface area (Å²) in [6.45, 7) is 6.57. The number of aliphatic imine (C=N–C) groups is 1. The van der Waals surface area contributed by atoms with E-state index in [-0.39, 0.29) is 24.0 Å². The van der Waals surface area contributed by atoms with Crippen molar-refractivity contribution in [1.29, 1.82) is 0 Å². The number of nitrogens with zero attached hydrogens (tertiary/aromatic N) is 1. The average Bonchev–Trinajstić information content (AvgIpc) is 2.88. The maximum Gasteiger partial charge on any atom is 0.191 e. The maximum absolute atomic E-state index is 5.64. The van der Waals surface area contributed by atoms with Crippen LogP contribution in [0.1, 0.15) is 22.6 Å². The molecule has 0 atom stereocenters. The molecule has 0 unspecified atom stereocenters. The van der Waals surface area contributed by atoms with Gasteiger partial charge in [0.1, 0.15) is 11.5 Å². The SMILES string of the molecule is CN=C(NCCOCc1ccccc1)NCc1cc(C)oc1C.I. The van der Waals surface area contributed by atoms with Gasteiger partial charge < -0.3 is 19.8 Å². The summed E-state index contributed by atoms with van der Waals surface area (Å²) in [6, 6.07) is 12.2. The Morgan fingerprint density at radius 2 is 1.92 bits per heavy atom. The third kappa shape index (κ3) is 6.92. The molecule has 24 heavy (non-hydrogen) atoms. The smallest absolute Gasteiger partial charge is 0.191 e. The Morgan fingerprint density at radius 1 is 1.17 bits per heavy atom. The highest BCUT2D eigenvalue weighted by molar-refractivity contribution is 14.0. The molecule has 1 aromatic heterocycles. The summed E-state index contributed by atoms with van der Waals surface area (Å²) in [5.41, 5.74) is 2.33. The van der Waals surface area contributed by atoms with E-state index in [0.29, 0.717) is 26.3 Å². The quantitative estimate of drug-likeness (QED) is 0.298. The second-order valence-electron chi connectivity index (χ2n) is 5.33. The van der Waals surface area contributed by atoms with E-state index >= 15 is 0 Å². The summed E-state index contributed by atoms with van der Waals surface area (Å²) in [5, 5.41) is 6.51. The van der Waals surface area contributed by atoms with Crippen molar-refractivity contribution in [2.45, 2.75) is 27.0 Å². The molecule has 0 fully saturated rings. The Morgan fingerprint density at radius 3 is 2.54 bits per heavy atom. The lowest BCUT2D eigenvalue weighted by atomic mass is 10.2. The Hall–Kier alpha value is -1.54. The van der Waals surface area contributed by atoms with Gasteiger partial charge in [0.15, 0.2) is 5.96 Å². The number of rotatable bonds is 7. The highest BCUT2D eigenvalue weighted by Gasteiger charge is 2.05. The van der Waals surface area contributed by atoms with Crippen LogP contribution in [-0.4, -0.2) is 26.2 Å². The Bertz CT molecular complexity index is 626. The van der Waals surface area contributed by atoms with Crippen molar-refractivity contribution >= 4 is 29.9 Å². The molecule has 0 amide bonds. The first-order valence-corrected chi connectivity index (χ1v) is 7.81. The van der Waals surface area contributed by atoms with E-state index in [0.717, 1.165) is 23.0 Å². The van der Waals surface area contributed by atoms with Crippen LogP contribution in [0, 0.1) is 13.8 Å². The van der Waals surface area contributed by atoms with Gasteiger partial charge in [0.25, 0.3) is 0 Å². The van der Waals surface area contributed by atoms with Crippen LogP contribution in [0.25, 0.3) is 0 Å². The van der Waals surface area contributed by atoms with Crippen molar-refractivity contribution in [3.8, 4) is 0 Å². The lowest BCUT2D eigenvalue weighted by Gasteiger charge is -2.11. The lowest BCUT2D eigenvalue weighted by Crippen LogP contribution is -2.38. The normalized spacial score (nSPS) is 11.0. The minimum absolute atomic E-state index is 0. The fraction of sp³-hybridized carbons (Fsp3) is 0.389. The van der Waals surface area contributed by atoms with Crippen molar-refractivity contribution in [2.75, 3.05) is 20.2 Å². The van der Waals surface area contributed by atoms with E-state index in [4.69, 9.17) is 9.15 Å². The molecule has 1 aromatic carbocycles. The standard InChI is InChI=1S/C18H25N3O2.HI/c1-14-11-17(15(2)23-14)12-21-18(19-3)20-9-10-22-13-16-7-5-4-6-8-16;/h4-8,11H,9-10,12-13H2,1-3H3,(H2,19,20,21);1H. The molecule has 2 aromatic rings. The highest BCUT2D eigenvalue weighted by atomic mass is 127. The van der Waals surface area contributed by atoms with Gasteiger partial charge in [-0.25, -0.2) is 0 Å². The van der Waals surface area contributed by atoms with Crippen molar-refractivity contribution in [2.24, 2.45) is 4.99 Å². The number of ether oxygens (including phenoxy) is 1. The number of guanidine groups is 1. The summed E-state index contributed by atoms with van der Waals surface area (Å²) in [6.07, 6.45) is 0. The van der Waals surface area contributed by atoms with Crippen LogP contribution >= 0.6 is 24.0 Å². The first kappa shape index (κ1) is 20.5. The first-order valence-electron chi connectivity index (χ1n) is 7.81. The molecule has 0 aliphatic carbocycles. The molecule has 0 saturated heterocycles. The van der Waals surface area contributed by atoms with Crippen LogP contribution in [0.15, 0.2) is 45.8 Å². The van der Waals surface area contributed by atoms with E-state index in [1.165, 1.54) is 5.56 Å². The van der Waals surface area contributed by atoms with Gasteiger partial charge in [0.05, 0.1) is 13.2 Å². The van der Waals surface area contributed by atoms with Crippen LogP contribution in [0.3, 0.4) is 0 Å². The molecular formula is C18H26IN3O2. The minimum atomic E-state index is 0. The number of furan rings is 1. The van der Waals surface area contributed by atoms with Crippen LogP contribution < -0.4 is 10.6 Å². The maximum atomic E-state index is 5.64. The van der Waals surface area contributed by atoms with Gasteiger partial charge >= 0.3 is 0 Å². The molecule has 5 nitrogen and oxygen atoms in total. The molecule has 0 aliphatic rings. The second kappa shape index (κ2) is 11.1. The number of benzene rings is 1. The van der Waals surface area contributed by atoms with Gasteiger partial charge in [0.2, 0.25) is 0 Å². The predicted octanol–water partition coefficient (Wildman–Crippen LogP) is 3.40. The monoisotopic (exact) mass is 443 g/mol. The van der Waals surface area contributed by atoms with Crippen molar-refractivity contribution in [3.63, 3.8) is 0 Å². The lowest BCUT2D eigenvalue weighted by molar-refractivity contribution is 0.125. The second-order valence-corrected chi connectivity index (χ2v) is 5.33. The predicted molar refractivity (Wildman–Crippen MR) is 108 cm³/mol. The Kier molecular flexibility index (Phi) is 9.48. The third-order valence-corrected chi connectivity index (χ3v) is 3.46. The average molecular weight is 443 g/mol. The van der Waals surface area contributed by atoms with Gasteiger partial charge in [-0.15, -0.1) is 24.0 Å². The number of nitrogens with one attached hydrogen (secondary N) is 2. The molecule has 2 N–H and O–H groups in total. The molecule has 6 heteroatoms. The van der Waals surface area contributed by atoms with Crippen molar-refractivity contribution in [3.05, 3.63) is 59.0 Å².